The van der Waals surface area contributed by atoms with Crippen molar-refractivity contribution in [2.75, 3.05) is 26.8 Å². The third-order valence-electron chi connectivity index (χ3n) is 4.36. The van der Waals surface area contributed by atoms with Gasteiger partial charge in [0.05, 0.1) is 6.61 Å². The minimum atomic E-state index is -4.22. The van der Waals surface area contributed by atoms with Crippen molar-refractivity contribution in [3.63, 3.8) is 0 Å². The van der Waals surface area contributed by atoms with E-state index < -0.39 is 12.8 Å². The van der Waals surface area contributed by atoms with Gasteiger partial charge in [0, 0.05) is 12.0 Å². The molecule has 120 valence electrons. The van der Waals surface area contributed by atoms with Crippen LogP contribution in [0.4, 0.5) is 13.2 Å². The lowest BCUT2D eigenvalue weighted by Gasteiger charge is -2.40. The second-order valence-electron chi connectivity index (χ2n) is 6.22. The van der Waals surface area contributed by atoms with E-state index in [1.165, 1.54) is 19.3 Å². The van der Waals surface area contributed by atoms with Crippen molar-refractivity contribution in [2.45, 2.75) is 58.0 Å². The van der Waals surface area contributed by atoms with E-state index in [-0.39, 0.29) is 12.0 Å². The lowest BCUT2D eigenvalue weighted by molar-refractivity contribution is -0.182. The summed E-state index contributed by atoms with van der Waals surface area (Å²) < 4.78 is 41.5. The molecule has 0 amide bonds. The maximum atomic E-state index is 12.2. The quantitative estimate of drug-likeness (QED) is 0.726. The first-order valence-electron chi connectivity index (χ1n) is 7.70. The summed E-state index contributed by atoms with van der Waals surface area (Å²) in [4.78, 5) is 0. The van der Waals surface area contributed by atoms with E-state index in [0.29, 0.717) is 0 Å². The zero-order valence-corrected chi connectivity index (χ0v) is 12.7. The fourth-order valence-electron chi connectivity index (χ4n) is 3.20. The van der Waals surface area contributed by atoms with E-state index in [1.54, 1.807) is 0 Å². The molecule has 0 spiro atoms. The molecule has 0 unspecified atom stereocenters. The van der Waals surface area contributed by atoms with Gasteiger partial charge >= 0.3 is 6.18 Å². The summed E-state index contributed by atoms with van der Waals surface area (Å²) >= 11 is 0. The van der Waals surface area contributed by atoms with Gasteiger partial charge in [0.25, 0.3) is 0 Å². The number of rotatable bonds is 8. The zero-order chi connectivity index (χ0) is 15.1. The molecule has 20 heavy (non-hydrogen) atoms. The molecule has 0 aromatic rings. The minimum Gasteiger partial charge on any atom is -0.371 e. The van der Waals surface area contributed by atoms with Crippen LogP contribution in [0, 0.1) is 11.3 Å². The molecule has 0 bridgehead atoms. The largest absolute Gasteiger partial charge is 0.411 e. The van der Waals surface area contributed by atoms with Crippen LogP contribution in [0.1, 0.15) is 51.9 Å². The van der Waals surface area contributed by atoms with Gasteiger partial charge in [0.15, 0.2) is 0 Å². The molecule has 0 aromatic heterocycles. The molecule has 0 saturated heterocycles. The van der Waals surface area contributed by atoms with Gasteiger partial charge in [-0.2, -0.15) is 13.2 Å². The highest BCUT2D eigenvalue weighted by Gasteiger charge is 2.36. The predicted octanol–water partition coefficient (Wildman–Crippen LogP) is 4.15. The van der Waals surface area contributed by atoms with Gasteiger partial charge in [-0.25, -0.2) is 0 Å². The highest BCUT2D eigenvalue weighted by Crippen LogP contribution is 2.40. The van der Waals surface area contributed by atoms with Crippen LogP contribution in [-0.2, 0) is 4.74 Å². The molecule has 1 fully saturated rings. The first kappa shape index (κ1) is 17.8. The van der Waals surface area contributed by atoms with E-state index in [9.17, 15) is 13.2 Å². The Kier molecular flexibility index (Phi) is 7.30. The van der Waals surface area contributed by atoms with Gasteiger partial charge in [-0.15, -0.1) is 0 Å². The van der Waals surface area contributed by atoms with E-state index in [4.69, 9.17) is 4.74 Å². The number of hydrogen-bond donors (Lipinski definition) is 1. The van der Waals surface area contributed by atoms with Crippen molar-refractivity contribution in [3.8, 4) is 0 Å². The summed E-state index contributed by atoms with van der Waals surface area (Å²) in [6.07, 6.45) is 3.70. The first-order chi connectivity index (χ1) is 9.41. The Hall–Kier alpha value is -0.290. The summed E-state index contributed by atoms with van der Waals surface area (Å²) in [6, 6.07) is 0. The van der Waals surface area contributed by atoms with Gasteiger partial charge in [-0.3, -0.25) is 0 Å². The average Bonchev–Trinajstić information content (AvgIpc) is 2.37. The monoisotopic (exact) mass is 295 g/mol. The Morgan fingerprint density at radius 3 is 2.40 bits per heavy atom. The number of alkyl halides is 3. The fraction of sp³-hybridized carbons (Fsp3) is 1.00. The standard InChI is InChI=1S/C15H28F3NO/c1-3-4-5-13-6-8-14(9-7-13,10-19-2)11-20-12-15(16,17)18/h13,19H,3-12H2,1-2H3. The lowest BCUT2D eigenvalue weighted by Crippen LogP contribution is -2.41. The van der Waals surface area contributed by atoms with Crippen molar-refractivity contribution in [1.82, 2.24) is 5.32 Å². The number of nitrogens with one attached hydrogen (secondary N) is 1. The smallest absolute Gasteiger partial charge is 0.371 e. The second-order valence-corrected chi connectivity index (χ2v) is 6.22. The van der Waals surface area contributed by atoms with Crippen molar-refractivity contribution >= 4 is 0 Å². The Morgan fingerprint density at radius 1 is 1.25 bits per heavy atom. The molecule has 0 radical (unpaired) electrons. The molecule has 0 heterocycles. The van der Waals surface area contributed by atoms with Gasteiger partial charge in [-0.1, -0.05) is 26.2 Å². The number of halogens is 3. The highest BCUT2D eigenvalue weighted by molar-refractivity contribution is 4.87. The molecule has 0 aromatic carbocycles. The Labute approximate surface area is 120 Å². The lowest BCUT2D eigenvalue weighted by atomic mass is 9.70. The second kappa shape index (κ2) is 8.23. The molecular formula is C15H28F3NO. The van der Waals surface area contributed by atoms with E-state index in [0.717, 1.165) is 38.1 Å². The maximum absolute atomic E-state index is 12.2. The normalized spacial score (nSPS) is 27.8. The first-order valence-corrected chi connectivity index (χ1v) is 7.70. The highest BCUT2D eigenvalue weighted by atomic mass is 19.4. The third kappa shape index (κ3) is 6.44. The van der Waals surface area contributed by atoms with Gasteiger partial charge in [-0.05, 0) is 38.6 Å². The topological polar surface area (TPSA) is 21.3 Å². The molecule has 5 heteroatoms. The number of unbranched alkanes of at least 4 members (excludes halogenated alkanes) is 1. The molecule has 1 aliphatic rings. The average molecular weight is 295 g/mol. The maximum Gasteiger partial charge on any atom is 0.411 e. The van der Waals surface area contributed by atoms with Crippen LogP contribution in [-0.4, -0.2) is 33.0 Å². The van der Waals surface area contributed by atoms with E-state index >= 15 is 0 Å². The van der Waals surface area contributed by atoms with E-state index in [1.807, 2.05) is 7.05 Å². The number of ether oxygens (including phenoxy) is 1. The summed E-state index contributed by atoms with van der Waals surface area (Å²) in [6.45, 7) is 2.02. The summed E-state index contributed by atoms with van der Waals surface area (Å²) in [5.74, 6) is 0.752. The van der Waals surface area contributed by atoms with Crippen LogP contribution < -0.4 is 5.32 Å². The Morgan fingerprint density at radius 2 is 1.90 bits per heavy atom. The third-order valence-corrected chi connectivity index (χ3v) is 4.36. The minimum absolute atomic E-state index is 0.108. The van der Waals surface area contributed by atoms with Crippen molar-refractivity contribution in [2.24, 2.45) is 11.3 Å². The van der Waals surface area contributed by atoms with Crippen molar-refractivity contribution in [1.29, 1.82) is 0 Å². The van der Waals surface area contributed by atoms with Gasteiger partial charge in [0.1, 0.15) is 6.61 Å². The molecule has 0 aliphatic heterocycles. The summed E-state index contributed by atoms with van der Waals surface area (Å²) in [7, 11) is 1.86. The molecule has 2 nitrogen and oxygen atoms in total. The predicted molar refractivity (Wildman–Crippen MR) is 74.7 cm³/mol. The Bertz CT molecular complexity index is 260. The van der Waals surface area contributed by atoms with Crippen molar-refractivity contribution in [3.05, 3.63) is 0 Å². The van der Waals surface area contributed by atoms with Crippen LogP contribution in [0.15, 0.2) is 0 Å². The fourth-order valence-corrected chi connectivity index (χ4v) is 3.20. The van der Waals surface area contributed by atoms with Gasteiger partial charge in [0.2, 0.25) is 0 Å². The molecule has 1 saturated carbocycles. The van der Waals surface area contributed by atoms with Crippen LogP contribution in [0.3, 0.4) is 0 Å². The molecule has 1 N–H and O–H groups in total. The number of hydrogen-bond acceptors (Lipinski definition) is 2. The Balaban J connectivity index is 2.40. The van der Waals surface area contributed by atoms with Crippen LogP contribution >= 0.6 is 0 Å². The molecule has 0 atom stereocenters. The molecule has 1 rings (SSSR count). The van der Waals surface area contributed by atoms with Crippen LogP contribution in [0.25, 0.3) is 0 Å². The molecular weight excluding hydrogens is 267 g/mol. The zero-order valence-electron chi connectivity index (χ0n) is 12.7. The van der Waals surface area contributed by atoms with Crippen molar-refractivity contribution < 1.29 is 17.9 Å². The summed E-state index contributed by atoms with van der Waals surface area (Å²) in [5.41, 5.74) is -0.108. The van der Waals surface area contributed by atoms with E-state index in [2.05, 4.69) is 12.2 Å². The summed E-state index contributed by atoms with van der Waals surface area (Å²) in [5, 5.41) is 3.12. The molecule has 1 aliphatic carbocycles. The SMILES string of the molecule is CCCCC1CCC(CNC)(COCC(F)(F)F)CC1. The van der Waals surface area contributed by atoms with Gasteiger partial charge < -0.3 is 10.1 Å². The van der Waals surface area contributed by atoms with Crippen LogP contribution in [0.2, 0.25) is 0 Å². The van der Waals surface area contributed by atoms with Crippen LogP contribution in [0.5, 0.6) is 0 Å².